The third kappa shape index (κ3) is 4.18. The van der Waals surface area contributed by atoms with E-state index in [0.29, 0.717) is 29.6 Å². The minimum absolute atomic E-state index is 0.337. The Hall–Kier alpha value is -2.24. The summed E-state index contributed by atoms with van der Waals surface area (Å²) in [6.07, 6.45) is 8.54. The van der Waals surface area contributed by atoms with Gasteiger partial charge in [0, 0.05) is 23.2 Å². The molecule has 1 heterocycles. The first-order valence-electron chi connectivity index (χ1n) is 12.6. The van der Waals surface area contributed by atoms with E-state index in [1.165, 1.54) is 50.7 Å². The lowest BCUT2D eigenvalue weighted by Crippen LogP contribution is -2.54. The van der Waals surface area contributed by atoms with Crippen LogP contribution in [0, 0.1) is 29.0 Å². The van der Waals surface area contributed by atoms with Crippen LogP contribution >= 0.6 is 11.6 Å². The van der Waals surface area contributed by atoms with Crippen molar-refractivity contribution in [1.82, 2.24) is 20.3 Å². The van der Waals surface area contributed by atoms with E-state index in [2.05, 4.69) is 24.4 Å². The minimum Gasteiger partial charge on any atom is -0.308 e. The standard InChI is InChI=1S/C28H32ClFN4/c1-18(28-13-19-9-20(14-28)11-21(10-19)15-28)31-16-26-27(22-5-3-2-4-6-22)33-34(32-26)17-23-7-8-24(30)12-25(23)29/h2-8,12,18-21,31H,9-11,13-17H2,1H3/t18-,19?,20?,21?,28?/m1/s1. The van der Waals surface area contributed by atoms with Crippen molar-refractivity contribution in [3.8, 4) is 11.3 Å². The molecule has 34 heavy (non-hydrogen) atoms. The van der Waals surface area contributed by atoms with Crippen LogP contribution in [0.5, 0.6) is 0 Å². The van der Waals surface area contributed by atoms with Crippen LogP contribution in [0.3, 0.4) is 0 Å². The van der Waals surface area contributed by atoms with Crippen molar-refractivity contribution in [2.24, 2.45) is 23.2 Å². The Balaban J connectivity index is 1.24. The first kappa shape index (κ1) is 22.2. The van der Waals surface area contributed by atoms with Gasteiger partial charge in [-0.1, -0.05) is 48.0 Å². The lowest BCUT2D eigenvalue weighted by atomic mass is 9.48. The first-order chi connectivity index (χ1) is 16.5. The van der Waals surface area contributed by atoms with E-state index >= 15 is 0 Å². The summed E-state index contributed by atoms with van der Waals surface area (Å²) in [5, 5.41) is 13.9. The van der Waals surface area contributed by atoms with Crippen molar-refractivity contribution >= 4 is 11.6 Å². The zero-order chi connectivity index (χ0) is 23.3. The molecular formula is C28H32ClFN4. The van der Waals surface area contributed by atoms with Gasteiger partial charge < -0.3 is 5.32 Å². The van der Waals surface area contributed by atoms with Crippen LogP contribution in [0.4, 0.5) is 4.39 Å². The Bertz CT molecular complexity index is 1140. The Morgan fingerprint density at radius 1 is 1.03 bits per heavy atom. The highest BCUT2D eigenvalue weighted by Gasteiger charge is 2.52. The van der Waals surface area contributed by atoms with Crippen LogP contribution in [0.15, 0.2) is 48.5 Å². The predicted octanol–water partition coefficient (Wildman–Crippen LogP) is 6.48. The number of benzene rings is 2. The number of hydrogen-bond acceptors (Lipinski definition) is 3. The Labute approximate surface area is 205 Å². The van der Waals surface area contributed by atoms with Gasteiger partial charge in [-0.25, -0.2) is 4.39 Å². The smallest absolute Gasteiger partial charge is 0.124 e. The minimum atomic E-state index is -0.337. The summed E-state index contributed by atoms with van der Waals surface area (Å²) >= 11 is 6.27. The van der Waals surface area contributed by atoms with Crippen LogP contribution in [-0.4, -0.2) is 21.0 Å². The summed E-state index contributed by atoms with van der Waals surface area (Å²) < 4.78 is 13.5. The van der Waals surface area contributed by atoms with E-state index in [-0.39, 0.29) is 5.82 Å². The van der Waals surface area contributed by atoms with E-state index in [4.69, 9.17) is 21.8 Å². The molecule has 0 spiro atoms. The summed E-state index contributed by atoms with van der Waals surface area (Å²) in [7, 11) is 0. The number of halogens is 2. The van der Waals surface area contributed by atoms with Gasteiger partial charge in [-0.05, 0) is 86.3 Å². The van der Waals surface area contributed by atoms with Gasteiger partial charge >= 0.3 is 0 Å². The second-order valence-electron chi connectivity index (χ2n) is 11.0. The van der Waals surface area contributed by atoms with Crippen LogP contribution in [0.25, 0.3) is 11.3 Å². The van der Waals surface area contributed by atoms with Gasteiger partial charge in [-0.2, -0.15) is 15.0 Å². The molecule has 3 aromatic rings. The zero-order valence-electron chi connectivity index (χ0n) is 19.7. The number of rotatable bonds is 7. The first-order valence-corrected chi connectivity index (χ1v) is 13.0. The van der Waals surface area contributed by atoms with Crippen LogP contribution in [0.2, 0.25) is 5.02 Å². The van der Waals surface area contributed by atoms with E-state index in [0.717, 1.165) is 40.3 Å². The summed E-state index contributed by atoms with van der Waals surface area (Å²) in [6, 6.07) is 15.2. The molecule has 0 amide bonds. The van der Waals surface area contributed by atoms with Gasteiger partial charge in [-0.15, -0.1) is 0 Å². The fourth-order valence-corrected chi connectivity index (χ4v) is 7.60. The Morgan fingerprint density at radius 2 is 1.71 bits per heavy atom. The molecule has 4 nitrogen and oxygen atoms in total. The van der Waals surface area contributed by atoms with Crippen molar-refractivity contribution in [2.45, 2.75) is 64.6 Å². The largest absolute Gasteiger partial charge is 0.308 e. The maximum absolute atomic E-state index is 13.5. The molecule has 0 saturated heterocycles. The molecule has 4 saturated carbocycles. The van der Waals surface area contributed by atoms with E-state index in [1.54, 1.807) is 10.9 Å². The van der Waals surface area contributed by atoms with E-state index < -0.39 is 0 Å². The van der Waals surface area contributed by atoms with E-state index in [9.17, 15) is 4.39 Å². The highest BCUT2D eigenvalue weighted by atomic mass is 35.5. The molecule has 4 aliphatic rings. The average molecular weight is 479 g/mol. The SMILES string of the molecule is C[C@@H](NCc1nn(Cc2ccc(F)cc2Cl)nc1-c1ccccc1)C12CC3CC(CC(C3)C1)C2. The molecule has 0 aliphatic heterocycles. The fraction of sp³-hybridized carbons (Fsp3) is 0.500. The van der Waals surface area contributed by atoms with Crippen molar-refractivity contribution in [3.63, 3.8) is 0 Å². The molecule has 0 unspecified atom stereocenters. The van der Waals surface area contributed by atoms with Crippen molar-refractivity contribution in [1.29, 1.82) is 0 Å². The average Bonchev–Trinajstić information content (AvgIpc) is 3.22. The van der Waals surface area contributed by atoms with Crippen molar-refractivity contribution in [2.75, 3.05) is 0 Å². The van der Waals surface area contributed by atoms with Crippen LogP contribution < -0.4 is 5.32 Å². The highest BCUT2D eigenvalue weighted by Crippen LogP contribution is 2.61. The monoisotopic (exact) mass is 478 g/mol. The third-order valence-electron chi connectivity index (χ3n) is 8.68. The third-order valence-corrected chi connectivity index (χ3v) is 9.03. The highest BCUT2D eigenvalue weighted by molar-refractivity contribution is 6.31. The van der Waals surface area contributed by atoms with Gasteiger partial charge in [0.05, 0.1) is 6.54 Å². The molecule has 4 fully saturated rings. The van der Waals surface area contributed by atoms with E-state index in [1.807, 2.05) is 18.2 Å². The molecule has 178 valence electrons. The zero-order valence-corrected chi connectivity index (χ0v) is 20.4. The molecule has 1 aromatic heterocycles. The molecular weight excluding hydrogens is 447 g/mol. The number of hydrogen-bond donors (Lipinski definition) is 1. The quantitative estimate of drug-likeness (QED) is 0.422. The van der Waals surface area contributed by atoms with Crippen LogP contribution in [-0.2, 0) is 13.1 Å². The van der Waals surface area contributed by atoms with Crippen molar-refractivity contribution < 1.29 is 4.39 Å². The molecule has 4 aliphatic carbocycles. The second kappa shape index (κ2) is 8.76. The normalized spacial score (nSPS) is 28.4. The van der Waals surface area contributed by atoms with Crippen LogP contribution in [0.1, 0.15) is 56.7 Å². The summed E-state index contributed by atoms with van der Waals surface area (Å²) in [6.45, 7) is 3.48. The predicted molar refractivity (Wildman–Crippen MR) is 133 cm³/mol. The molecule has 1 atom stereocenters. The van der Waals surface area contributed by atoms with Gasteiger partial charge in [0.1, 0.15) is 17.2 Å². The molecule has 2 aromatic carbocycles. The van der Waals surface area contributed by atoms with Gasteiger partial charge in [0.15, 0.2) is 0 Å². The van der Waals surface area contributed by atoms with Gasteiger partial charge in [0.25, 0.3) is 0 Å². The lowest BCUT2D eigenvalue weighted by Gasteiger charge is -2.59. The number of nitrogens with one attached hydrogen (secondary N) is 1. The lowest BCUT2D eigenvalue weighted by molar-refractivity contribution is -0.0707. The summed E-state index contributed by atoms with van der Waals surface area (Å²) in [5.74, 6) is 2.49. The molecule has 1 N–H and O–H groups in total. The number of aromatic nitrogens is 3. The topological polar surface area (TPSA) is 42.7 Å². The molecule has 6 heteroatoms. The van der Waals surface area contributed by atoms with Gasteiger partial charge in [-0.3, -0.25) is 0 Å². The molecule has 4 bridgehead atoms. The van der Waals surface area contributed by atoms with Crippen molar-refractivity contribution in [3.05, 3.63) is 70.6 Å². The number of nitrogens with zero attached hydrogens (tertiary/aromatic N) is 3. The summed E-state index contributed by atoms with van der Waals surface area (Å²) in [4.78, 5) is 1.69. The summed E-state index contributed by atoms with van der Waals surface area (Å²) in [5.41, 5.74) is 4.14. The maximum Gasteiger partial charge on any atom is 0.124 e. The van der Waals surface area contributed by atoms with Gasteiger partial charge in [0.2, 0.25) is 0 Å². The molecule has 7 rings (SSSR count). The fourth-order valence-electron chi connectivity index (χ4n) is 7.37. The Kier molecular flexibility index (Phi) is 5.73. The molecule has 0 radical (unpaired) electrons. The Morgan fingerprint density at radius 3 is 2.35 bits per heavy atom. The maximum atomic E-state index is 13.5. The second-order valence-corrected chi connectivity index (χ2v) is 11.4.